The number of nitrogens with one attached hydrogen (secondary N) is 1. The summed E-state index contributed by atoms with van der Waals surface area (Å²) < 4.78 is 40.4. The first-order chi connectivity index (χ1) is 9.42. The molecule has 0 unspecified atom stereocenters. The molecule has 0 atom stereocenters. The molecule has 0 bridgehead atoms. The van der Waals surface area contributed by atoms with Gasteiger partial charge in [-0.2, -0.15) is 11.8 Å². The molecular formula is C13H19FN2O2S2. The van der Waals surface area contributed by atoms with E-state index in [1.54, 1.807) is 0 Å². The molecule has 0 saturated heterocycles. The van der Waals surface area contributed by atoms with Crippen LogP contribution < -0.4 is 10.5 Å². The van der Waals surface area contributed by atoms with E-state index in [-0.39, 0.29) is 16.6 Å². The standard InChI is InChI=1S/C13H19FN2O2S2/c1-19-10-4-2-9(3-5-10)16-20(17,18)11-6-7-13(15)12(14)8-11/h6-10,16H,2-5,15H2,1H3. The molecule has 112 valence electrons. The van der Waals surface area contributed by atoms with Gasteiger partial charge in [-0.1, -0.05) is 0 Å². The van der Waals surface area contributed by atoms with Crippen molar-refractivity contribution in [3.63, 3.8) is 0 Å². The fraction of sp³-hybridized carbons (Fsp3) is 0.538. The molecule has 0 amide bonds. The summed E-state index contributed by atoms with van der Waals surface area (Å²) in [6.07, 6.45) is 5.73. The first-order valence-electron chi connectivity index (χ1n) is 6.52. The lowest BCUT2D eigenvalue weighted by atomic mass is 9.96. The number of nitrogens with two attached hydrogens (primary N) is 1. The maximum atomic E-state index is 13.4. The zero-order valence-electron chi connectivity index (χ0n) is 11.3. The quantitative estimate of drug-likeness (QED) is 0.836. The van der Waals surface area contributed by atoms with Gasteiger partial charge in [0.25, 0.3) is 0 Å². The Morgan fingerprint density at radius 1 is 1.30 bits per heavy atom. The van der Waals surface area contributed by atoms with Crippen molar-refractivity contribution in [3.8, 4) is 0 Å². The number of sulfonamides is 1. The number of hydrogen-bond acceptors (Lipinski definition) is 4. The second kappa shape index (κ2) is 6.32. The molecule has 7 heteroatoms. The first-order valence-corrected chi connectivity index (χ1v) is 9.29. The molecule has 0 aromatic heterocycles. The second-order valence-corrected chi connectivity index (χ2v) is 7.87. The van der Waals surface area contributed by atoms with Crippen LogP contribution in [0, 0.1) is 5.82 Å². The Morgan fingerprint density at radius 2 is 1.95 bits per heavy atom. The molecule has 3 N–H and O–H groups in total. The van der Waals surface area contributed by atoms with E-state index in [9.17, 15) is 12.8 Å². The SMILES string of the molecule is CSC1CCC(NS(=O)(=O)c2ccc(N)c(F)c2)CC1. The Balaban J connectivity index is 2.06. The Kier molecular flexibility index (Phi) is 4.93. The molecule has 1 saturated carbocycles. The van der Waals surface area contributed by atoms with Crippen molar-refractivity contribution in [3.05, 3.63) is 24.0 Å². The van der Waals surface area contributed by atoms with Crippen molar-refractivity contribution >= 4 is 27.5 Å². The fourth-order valence-corrected chi connectivity index (χ4v) is 4.44. The zero-order chi connectivity index (χ0) is 14.8. The third-order valence-corrected chi connectivity index (χ3v) is 6.27. The highest BCUT2D eigenvalue weighted by Crippen LogP contribution is 2.28. The van der Waals surface area contributed by atoms with E-state index in [0.29, 0.717) is 5.25 Å². The molecule has 4 nitrogen and oxygen atoms in total. The van der Waals surface area contributed by atoms with Crippen LogP contribution >= 0.6 is 11.8 Å². The van der Waals surface area contributed by atoms with Gasteiger partial charge in [0.05, 0.1) is 10.6 Å². The van der Waals surface area contributed by atoms with E-state index in [2.05, 4.69) is 11.0 Å². The van der Waals surface area contributed by atoms with Crippen molar-refractivity contribution in [2.45, 2.75) is 41.9 Å². The second-order valence-electron chi connectivity index (χ2n) is 5.01. The summed E-state index contributed by atoms with van der Waals surface area (Å²) in [6, 6.07) is 3.50. The molecule has 1 aliphatic rings. The van der Waals surface area contributed by atoms with E-state index in [0.717, 1.165) is 31.7 Å². The molecule has 0 radical (unpaired) electrons. The average molecular weight is 318 g/mol. The van der Waals surface area contributed by atoms with Crippen molar-refractivity contribution in [1.29, 1.82) is 0 Å². The predicted molar refractivity (Wildman–Crippen MR) is 80.7 cm³/mol. The molecule has 0 aliphatic heterocycles. The number of halogens is 1. The summed E-state index contributed by atoms with van der Waals surface area (Å²) in [4.78, 5) is -0.0730. The largest absolute Gasteiger partial charge is 0.396 e. The van der Waals surface area contributed by atoms with Crippen molar-refractivity contribution in [2.24, 2.45) is 0 Å². The van der Waals surface area contributed by atoms with Crippen LogP contribution in [-0.2, 0) is 10.0 Å². The van der Waals surface area contributed by atoms with E-state index in [1.165, 1.54) is 12.1 Å². The third-order valence-electron chi connectivity index (χ3n) is 3.61. The van der Waals surface area contributed by atoms with Crippen LogP contribution in [0.3, 0.4) is 0 Å². The van der Waals surface area contributed by atoms with Crippen LogP contribution in [-0.4, -0.2) is 26.0 Å². The maximum absolute atomic E-state index is 13.4. The van der Waals surface area contributed by atoms with Crippen LogP contribution in [0.15, 0.2) is 23.1 Å². The van der Waals surface area contributed by atoms with Gasteiger partial charge < -0.3 is 5.73 Å². The number of nitrogen functional groups attached to an aromatic ring is 1. The number of thioether (sulfide) groups is 1. The van der Waals surface area contributed by atoms with E-state index < -0.39 is 15.8 Å². The monoisotopic (exact) mass is 318 g/mol. The molecule has 20 heavy (non-hydrogen) atoms. The van der Waals surface area contributed by atoms with Gasteiger partial charge in [0, 0.05) is 11.3 Å². The molecule has 0 heterocycles. The lowest BCUT2D eigenvalue weighted by Gasteiger charge is -2.27. The summed E-state index contributed by atoms with van der Waals surface area (Å²) in [6.45, 7) is 0. The molecule has 1 aromatic rings. The van der Waals surface area contributed by atoms with Gasteiger partial charge in [-0.25, -0.2) is 17.5 Å². The summed E-state index contributed by atoms with van der Waals surface area (Å²) in [5.74, 6) is -0.709. The minimum atomic E-state index is -3.68. The Hall–Kier alpha value is -0.790. The highest BCUT2D eigenvalue weighted by molar-refractivity contribution is 7.99. The Labute approximate surface area is 123 Å². The van der Waals surface area contributed by atoms with Crippen molar-refractivity contribution in [1.82, 2.24) is 4.72 Å². The first kappa shape index (κ1) is 15.6. The van der Waals surface area contributed by atoms with Crippen LogP contribution in [0.2, 0.25) is 0 Å². The van der Waals surface area contributed by atoms with Gasteiger partial charge in [-0.05, 0) is 50.1 Å². The zero-order valence-corrected chi connectivity index (χ0v) is 12.9. The topological polar surface area (TPSA) is 72.2 Å². The third kappa shape index (κ3) is 3.65. The lowest BCUT2D eigenvalue weighted by molar-refractivity contribution is 0.420. The molecule has 1 fully saturated rings. The highest BCUT2D eigenvalue weighted by Gasteiger charge is 2.25. The summed E-state index contributed by atoms with van der Waals surface area (Å²) in [7, 11) is -3.68. The van der Waals surface area contributed by atoms with Crippen LogP contribution in [0.1, 0.15) is 25.7 Å². The minimum Gasteiger partial charge on any atom is -0.396 e. The van der Waals surface area contributed by atoms with Crippen LogP contribution in [0.5, 0.6) is 0 Å². The molecule has 1 aliphatic carbocycles. The Morgan fingerprint density at radius 3 is 2.50 bits per heavy atom. The molecule has 0 spiro atoms. The summed E-state index contributed by atoms with van der Waals surface area (Å²) in [5, 5.41) is 0.615. The molecule has 2 rings (SSSR count). The smallest absolute Gasteiger partial charge is 0.240 e. The highest BCUT2D eigenvalue weighted by atomic mass is 32.2. The minimum absolute atomic E-state index is 0.0515. The van der Waals surface area contributed by atoms with Gasteiger partial charge in [0.15, 0.2) is 0 Å². The van der Waals surface area contributed by atoms with E-state index in [1.807, 2.05) is 11.8 Å². The number of hydrogen-bond donors (Lipinski definition) is 2. The Bertz CT molecular complexity index is 570. The molecular weight excluding hydrogens is 299 g/mol. The maximum Gasteiger partial charge on any atom is 0.240 e. The molecule has 1 aromatic carbocycles. The summed E-state index contributed by atoms with van der Waals surface area (Å²) in [5.41, 5.74) is 5.30. The number of anilines is 1. The van der Waals surface area contributed by atoms with E-state index >= 15 is 0 Å². The lowest BCUT2D eigenvalue weighted by Crippen LogP contribution is -2.38. The average Bonchev–Trinajstić information content (AvgIpc) is 2.42. The van der Waals surface area contributed by atoms with Gasteiger partial charge in [-0.3, -0.25) is 0 Å². The predicted octanol–water partition coefficient (Wildman–Crippen LogP) is 2.36. The number of rotatable bonds is 4. The number of benzene rings is 1. The van der Waals surface area contributed by atoms with Crippen molar-refractivity contribution in [2.75, 3.05) is 12.0 Å². The van der Waals surface area contributed by atoms with Gasteiger partial charge in [-0.15, -0.1) is 0 Å². The van der Waals surface area contributed by atoms with Gasteiger partial charge in [0.2, 0.25) is 10.0 Å². The fourth-order valence-electron chi connectivity index (χ4n) is 2.38. The summed E-state index contributed by atoms with van der Waals surface area (Å²) >= 11 is 1.82. The van der Waals surface area contributed by atoms with Crippen LogP contribution in [0.4, 0.5) is 10.1 Å². The van der Waals surface area contributed by atoms with E-state index in [4.69, 9.17) is 5.73 Å². The van der Waals surface area contributed by atoms with Gasteiger partial charge in [0.1, 0.15) is 5.82 Å². The van der Waals surface area contributed by atoms with Crippen molar-refractivity contribution < 1.29 is 12.8 Å². The van der Waals surface area contributed by atoms with Crippen LogP contribution in [0.25, 0.3) is 0 Å². The normalized spacial score (nSPS) is 23.7. The van der Waals surface area contributed by atoms with Gasteiger partial charge >= 0.3 is 0 Å².